The van der Waals surface area contributed by atoms with Gasteiger partial charge < -0.3 is 5.11 Å². The van der Waals surface area contributed by atoms with Crippen LogP contribution in [0.4, 0.5) is 4.39 Å². The highest BCUT2D eigenvalue weighted by Gasteiger charge is 2.48. The average Bonchev–Trinajstić information content (AvgIpc) is 1.94. The molecule has 1 atom stereocenters. The number of hydrogen-bond acceptors (Lipinski definition) is 2. The number of aliphatic hydroxyl groups is 1. The van der Waals surface area contributed by atoms with E-state index in [1.54, 1.807) is 0 Å². The van der Waals surface area contributed by atoms with Crippen LogP contribution in [0.2, 0.25) is 0 Å². The summed E-state index contributed by atoms with van der Waals surface area (Å²) in [5, 5.41) is 9.13. The molecule has 2 fully saturated rings. The number of hydrogen-bond donors (Lipinski definition) is 1. The van der Waals surface area contributed by atoms with Crippen LogP contribution >= 0.6 is 0 Å². The molecule has 2 nitrogen and oxygen atoms in total. The molecule has 0 aromatic carbocycles. The van der Waals surface area contributed by atoms with Crippen molar-refractivity contribution in [3.05, 3.63) is 0 Å². The highest BCUT2D eigenvalue weighted by Crippen LogP contribution is 2.46. The highest BCUT2D eigenvalue weighted by molar-refractivity contribution is 5.05. The molecule has 2 aliphatic rings. The summed E-state index contributed by atoms with van der Waals surface area (Å²) in [6, 6.07) is 0. The lowest BCUT2D eigenvalue weighted by atomic mass is 9.68. The molecule has 1 unspecified atom stereocenters. The van der Waals surface area contributed by atoms with Crippen LogP contribution < -0.4 is 0 Å². The Kier molecular flexibility index (Phi) is 2.09. The molecule has 1 heterocycles. The topological polar surface area (TPSA) is 23.5 Å². The second-order valence-corrected chi connectivity index (χ2v) is 4.08. The Bertz CT molecular complexity index is 164. The van der Waals surface area contributed by atoms with Gasteiger partial charge in [0.1, 0.15) is 6.67 Å². The first-order chi connectivity index (χ1) is 5.77. The van der Waals surface area contributed by atoms with Crippen molar-refractivity contribution in [2.45, 2.75) is 37.3 Å². The SMILES string of the molecule is OC(CF)CN1CCC12CCC2. The minimum Gasteiger partial charge on any atom is -0.389 e. The summed E-state index contributed by atoms with van der Waals surface area (Å²) in [7, 11) is 0. The van der Waals surface area contributed by atoms with Crippen LogP contribution in [0.15, 0.2) is 0 Å². The van der Waals surface area contributed by atoms with Crippen LogP contribution in [-0.2, 0) is 0 Å². The molecule has 1 saturated carbocycles. The van der Waals surface area contributed by atoms with Gasteiger partial charge >= 0.3 is 0 Å². The molecule has 12 heavy (non-hydrogen) atoms. The molecule has 70 valence electrons. The lowest BCUT2D eigenvalue weighted by Crippen LogP contribution is -2.65. The Morgan fingerprint density at radius 2 is 2.17 bits per heavy atom. The Labute approximate surface area is 72.4 Å². The lowest BCUT2D eigenvalue weighted by molar-refractivity contribution is -0.0937. The fraction of sp³-hybridized carbons (Fsp3) is 1.00. The molecule has 0 bridgehead atoms. The average molecular weight is 173 g/mol. The van der Waals surface area contributed by atoms with Gasteiger partial charge in [-0.15, -0.1) is 0 Å². The van der Waals surface area contributed by atoms with Gasteiger partial charge in [-0.1, -0.05) is 0 Å². The molecule has 0 amide bonds. The van der Waals surface area contributed by atoms with E-state index in [-0.39, 0.29) is 0 Å². The molecule has 0 radical (unpaired) electrons. The highest BCUT2D eigenvalue weighted by atomic mass is 19.1. The first-order valence-corrected chi connectivity index (χ1v) is 4.76. The van der Waals surface area contributed by atoms with E-state index in [2.05, 4.69) is 4.90 Å². The fourth-order valence-corrected chi connectivity index (χ4v) is 2.33. The van der Waals surface area contributed by atoms with E-state index < -0.39 is 12.8 Å². The minimum atomic E-state index is -0.761. The monoisotopic (exact) mass is 173 g/mol. The molecule has 1 saturated heterocycles. The molecule has 0 aromatic heterocycles. The van der Waals surface area contributed by atoms with Crippen LogP contribution in [-0.4, -0.2) is 41.4 Å². The van der Waals surface area contributed by atoms with Crippen LogP contribution in [0.25, 0.3) is 0 Å². The Morgan fingerprint density at radius 3 is 2.50 bits per heavy atom. The van der Waals surface area contributed by atoms with Gasteiger partial charge in [-0.3, -0.25) is 4.90 Å². The summed E-state index contributed by atoms with van der Waals surface area (Å²) in [6.07, 6.45) is 4.31. The van der Waals surface area contributed by atoms with E-state index >= 15 is 0 Å². The fourth-order valence-electron chi connectivity index (χ4n) is 2.33. The van der Waals surface area contributed by atoms with Gasteiger partial charge in [-0.2, -0.15) is 0 Å². The molecule has 1 N–H and O–H groups in total. The summed E-state index contributed by atoms with van der Waals surface area (Å²) < 4.78 is 12.0. The zero-order chi connectivity index (χ0) is 8.60. The van der Waals surface area contributed by atoms with Crippen molar-refractivity contribution < 1.29 is 9.50 Å². The first kappa shape index (κ1) is 8.45. The van der Waals surface area contributed by atoms with E-state index in [1.165, 1.54) is 25.7 Å². The van der Waals surface area contributed by atoms with Crippen molar-refractivity contribution in [3.63, 3.8) is 0 Å². The molecular weight excluding hydrogens is 157 g/mol. The van der Waals surface area contributed by atoms with Crippen LogP contribution in [0.1, 0.15) is 25.7 Å². The van der Waals surface area contributed by atoms with E-state index in [1.807, 2.05) is 0 Å². The van der Waals surface area contributed by atoms with Crippen molar-refractivity contribution in [1.82, 2.24) is 4.90 Å². The summed E-state index contributed by atoms with van der Waals surface area (Å²) >= 11 is 0. The molecule has 1 aliphatic carbocycles. The largest absolute Gasteiger partial charge is 0.389 e. The Balaban J connectivity index is 1.81. The Hall–Kier alpha value is -0.150. The first-order valence-electron chi connectivity index (χ1n) is 4.76. The smallest absolute Gasteiger partial charge is 0.117 e. The van der Waals surface area contributed by atoms with Gasteiger partial charge in [0.05, 0.1) is 6.10 Å². The summed E-state index contributed by atoms with van der Waals surface area (Å²) in [6.45, 7) is 0.986. The maximum absolute atomic E-state index is 12.0. The van der Waals surface area contributed by atoms with Crippen LogP contribution in [0, 0.1) is 0 Å². The maximum Gasteiger partial charge on any atom is 0.117 e. The summed E-state index contributed by atoms with van der Waals surface area (Å²) in [5.74, 6) is 0. The maximum atomic E-state index is 12.0. The molecule has 3 heteroatoms. The number of alkyl halides is 1. The number of halogens is 1. The van der Waals surface area contributed by atoms with Gasteiger partial charge in [-0.25, -0.2) is 4.39 Å². The van der Waals surface area contributed by atoms with Crippen molar-refractivity contribution >= 4 is 0 Å². The molecular formula is C9H16FNO. The van der Waals surface area contributed by atoms with Crippen molar-refractivity contribution in [2.24, 2.45) is 0 Å². The van der Waals surface area contributed by atoms with E-state index in [9.17, 15) is 4.39 Å². The predicted molar refractivity (Wildman–Crippen MR) is 44.8 cm³/mol. The second kappa shape index (κ2) is 2.96. The van der Waals surface area contributed by atoms with E-state index in [4.69, 9.17) is 5.11 Å². The summed E-state index contributed by atoms with van der Waals surface area (Å²) in [5.41, 5.74) is 0.399. The van der Waals surface area contributed by atoms with Gasteiger partial charge in [0.25, 0.3) is 0 Å². The zero-order valence-electron chi connectivity index (χ0n) is 7.30. The third kappa shape index (κ3) is 1.15. The summed E-state index contributed by atoms with van der Waals surface area (Å²) in [4.78, 5) is 2.25. The van der Waals surface area contributed by atoms with E-state index in [0.717, 1.165) is 6.54 Å². The zero-order valence-corrected chi connectivity index (χ0v) is 7.30. The Morgan fingerprint density at radius 1 is 1.42 bits per heavy atom. The lowest BCUT2D eigenvalue weighted by Gasteiger charge is -2.59. The normalized spacial score (nSPS) is 29.5. The molecule has 0 aromatic rings. The van der Waals surface area contributed by atoms with Crippen molar-refractivity contribution in [2.75, 3.05) is 19.8 Å². The number of rotatable bonds is 3. The number of likely N-dealkylation sites (tertiary alicyclic amines) is 1. The molecule has 1 spiro atoms. The van der Waals surface area contributed by atoms with Gasteiger partial charge in [0.2, 0.25) is 0 Å². The van der Waals surface area contributed by atoms with Crippen LogP contribution in [0.5, 0.6) is 0 Å². The predicted octanol–water partition coefficient (Wildman–Crippen LogP) is 0.945. The second-order valence-electron chi connectivity index (χ2n) is 4.08. The third-order valence-corrected chi connectivity index (χ3v) is 3.41. The third-order valence-electron chi connectivity index (χ3n) is 3.41. The molecule has 1 aliphatic heterocycles. The molecule has 2 rings (SSSR count). The minimum absolute atomic E-state index is 0.399. The number of aliphatic hydroxyl groups excluding tert-OH is 1. The van der Waals surface area contributed by atoms with Crippen molar-refractivity contribution in [1.29, 1.82) is 0 Å². The number of β-amino-alcohol motifs (C(OH)–C–C–N with tert-alkyl or cyclic N) is 1. The van der Waals surface area contributed by atoms with Crippen LogP contribution in [0.3, 0.4) is 0 Å². The quantitative estimate of drug-likeness (QED) is 0.686. The van der Waals surface area contributed by atoms with Gasteiger partial charge in [0, 0.05) is 18.6 Å². The standard InChI is InChI=1S/C9H16FNO/c10-6-8(12)7-11-5-4-9(11)2-1-3-9/h8,12H,1-7H2. The number of nitrogens with zero attached hydrogens (tertiary/aromatic N) is 1. The van der Waals surface area contributed by atoms with Gasteiger partial charge in [-0.05, 0) is 25.7 Å². The van der Waals surface area contributed by atoms with Crippen molar-refractivity contribution in [3.8, 4) is 0 Å². The van der Waals surface area contributed by atoms with E-state index in [0.29, 0.717) is 12.1 Å². The van der Waals surface area contributed by atoms with Gasteiger partial charge in [0.15, 0.2) is 0 Å².